The van der Waals surface area contributed by atoms with E-state index in [0.717, 1.165) is 13.1 Å². The number of nitrogens with one attached hydrogen (secondary N) is 2. The van der Waals surface area contributed by atoms with Crippen molar-refractivity contribution >= 4 is 35.5 Å². The van der Waals surface area contributed by atoms with Crippen LogP contribution in [0.1, 0.15) is 83.6 Å². The van der Waals surface area contributed by atoms with E-state index in [1.165, 1.54) is 18.2 Å². The molecule has 0 aliphatic carbocycles. The fourth-order valence-corrected chi connectivity index (χ4v) is 7.92. The van der Waals surface area contributed by atoms with Gasteiger partial charge in [-0.1, -0.05) is 11.8 Å². The molecule has 402 valence electrons. The number of hydrogen-bond acceptors (Lipinski definition) is 14. The summed E-state index contributed by atoms with van der Waals surface area (Å²) >= 11 is 0. The Bertz CT molecular complexity index is 2600. The zero-order valence-corrected chi connectivity index (χ0v) is 44.1. The summed E-state index contributed by atoms with van der Waals surface area (Å²) in [5.74, 6) is 2.48. The predicted octanol–water partition coefficient (Wildman–Crippen LogP) is 1.60. The number of aromatic nitrogens is 3. The molecule has 0 unspecified atom stereocenters. The summed E-state index contributed by atoms with van der Waals surface area (Å²) in [7, 11) is 12.2. The third kappa shape index (κ3) is 21.7. The average Bonchev–Trinajstić information content (AvgIpc) is 3.43. The first-order valence-corrected chi connectivity index (χ1v) is 25.0. The molecule has 4 aromatic rings. The molecule has 0 atom stereocenters. The number of likely N-dealkylation sites (N-methyl/N-ethyl adjacent to an activating group) is 2. The molecule has 0 spiro atoms. The number of carboxylic acid groups (broad SMARTS) is 3. The van der Waals surface area contributed by atoms with Gasteiger partial charge in [0.15, 0.2) is 5.78 Å². The van der Waals surface area contributed by atoms with Crippen LogP contribution >= 0.6 is 0 Å². The SMILES string of the molecule is C[N+](C)(C)CCNC(=O)CCc1cc(CN2CCN(Cc3cc(C#Cc4ccc(OCC(=O)CN)cc4)cc(C(=O)O)n3)CCN(Cc3cc(CCC(=O)NCC[N+](C)(C)C)cc(C(=O)O)n3)CC2)nc(C(=O)O)c1. The number of pyridine rings is 3. The molecule has 75 heavy (non-hydrogen) atoms. The van der Waals surface area contributed by atoms with Crippen molar-refractivity contribution in [2.75, 3.05) is 121 Å². The van der Waals surface area contributed by atoms with E-state index in [1.807, 2.05) is 54.4 Å². The number of ketones is 1. The van der Waals surface area contributed by atoms with Gasteiger partial charge in [-0.15, -0.1) is 0 Å². The van der Waals surface area contributed by atoms with Crippen molar-refractivity contribution in [1.82, 2.24) is 40.3 Å². The van der Waals surface area contributed by atoms with E-state index in [1.54, 1.807) is 30.3 Å². The molecular weight excluding hydrogens is 963 g/mol. The summed E-state index contributed by atoms with van der Waals surface area (Å²) in [6.45, 7) is 6.01. The summed E-state index contributed by atoms with van der Waals surface area (Å²) in [6, 6.07) is 16.6. The van der Waals surface area contributed by atoms with Gasteiger partial charge in [-0.25, -0.2) is 29.3 Å². The van der Waals surface area contributed by atoms with Crippen LogP contribution in [0.15, 0.2) is 60.7 Å². The van der Waals surface area contributed by atoms with Gasteiger partial charge in [0.2, 0.25) is 11.8 Å². The van der Waals surface area contributed by atoms with Gasteiger partial charge in [0, 0.05) is 82.9 Å². The van der Waals surface area contributed by atoms with Crippen LogP contribution in [0.3, 0.4) is 0 Å². The van der Waals surface area contributed by atoms with Crippen molar-refractivity contribution in [2.24, 2.45) is 5.73 Å². The molecule has 21 heteroatoms. The van der Waals surface area contributed by atoms with E-state index in [2.05, 4.69) is 52.1 Å². The number of rotatable bonds is 25. The lowest BCUT2D eigenvalue weighted by atomic mass is 10.1. The Morgan fingerprint density at radius 3 is 1.35 bits per heavy atom. The monoisotopic (exact) mass is 1040 g/mol. The smallest absolute Gasteiger partial charge is 0.354 e. The second-order valence-electron chi connectivity index (χ2n) is 20.7. The second-order valence-corrected chi connectivity index (χ2v) is 20.7. The maximum Gasteiger partial charge on any atom is 0.354 e. The third-order valence-corrected chi connectivity index (χ3v) is 12.1. The predicted molar refractivity (Wildman–Crippen MR) is 280 cm³/mol. The van der Waals surface area contributed by atoms with Crippen molar-refractivity contribution in [1.29, 1.82) is 0 Å². The first kappa shape index (κ1) is 58.7. The van der Waals surface area contributed by atoms with Crippen LogP contribution in [-0.4, -0.2) is 210 Å². The van der Waals surface area contributed by atoms with Gasteiger partial charge in [-0.3, -0.25) is 29.1 Å². The van der Waals surface area contributed by atoms with Gasteiger partial charge in [-0.05, 0) is 84.6 Å². The Morgan fingerprint density at radius 1 is 0.573 bits per heavy atom. The standard InChI is InChI=1S/C54H71N11O10/c1-64(2,3)25-17-56-50(67)15-11-40-28-43(59-48(31-40)53(71)72)35-62-21-19-61(34-42-27-39(30-47(58-42)52(69)70)8-7-38-9-13-46(14-10-38)75-37-45(66)33-55)20-22-63(24-23-62)36-44-29-41(32-49(60-44)54(73)74)12-16-51(68)57-18-26-65(4,5)6/h9-10,13-14,27-32H,11-12,15-26,33-37,55H2,1-6H3,(H3-2,56,57,67,68,69,70,71,72,73,74)/p+2. The highest BCUT2D eigenvalue weighted by Crippen LogP contribution is 2.18. The highest BCUT2D eigenvalue weighted by atomic mass is 16.5. The maximum absolute atomic E-state index is 12.8. The van der Waals surface area contributed by atoms with E-state index in [9.17, 15) is 44.1 Å². The number of nitrogens with two attached hydrogens (primary N) is 1. The highest BCUT2D eigenvalue weighted by molar-refractivity contribution is 5.87. The maximum atomic E-state index is 12.8. The van der Waals surface area contributed by atoms with Crippen molar-refractivity contribution < 1.29 is 57.8 Å². The molecule has 2 amide bonds. The second kappa shape index (κ2) is 27.9. The quantitative estimate of drug-likeness (QED) is 0.0407. The molecule has 3 aromatic heterocycles. The Kier molecular flexibility index (Phi) is 21.8. The largest absolute Gasteiger partial charge is 0.486 e. The molecule has 1 fully saturated rings. The molecule has 0 saturated carbocycles. The minimum absolute atomic E-state index is 0.123. The Hall–Kier alpha value is -7.19. The van der Waals surface area contributed by atoms with Crippen LogP contribution in [0, 0.1) is 11.8 Å². The van der Waals surface area contributed by atoms with Gasteiger partial charge in [-0.2, -0.15) is 0 Å². The number of ether oxygens (including phenoxy) is 1. The topological polar surface area (TPSA) is 271 Å². The molecule has 1 aliphatic heterocycles. The van der Waals surface area contributed by atoms with Crippen LogP contribution in [-0.2, 0) is 46.9 Å². The summed E-state index contributed by atoms with van der Waals surface area (Å²) in [4.78, 5) is 94.2. The van der Waals surface area contributed by atoms with Crippen molar-refractivity contribution in [2.45, 2.75) is 45.3 Å². The van der Waals surface area contributed by atoms with Crippen LogP contribution in [0.4, 0.5) is 0 Å². The minimum atomic E-state index is -1.22. The van der Waals surface area contributed by atoms with Crippen molar-refractivity contribution in [3.8, 4) is 17.6 Å². The van der Waals surface area contributed by atoms with Crippen LogP contribution < -0.4 is 21.1 Å². The number of benzene rings is 1. The summed E-state index contributed by atoms with van der Waals surface area (Å²) in [6.07, 6.45) is 0.967. The molecule has 1 aliphatic rings. The number of carboxylic acids is 3. The Morgan fingerprint density at radius 2 is 0.960 bits per heavy atom. The number of quaternary nitrogens is 2. The van der Waals surface area contributed by atoms with Crippen LogP contribution in [0.2, 0.25) is 0 Å². The molecule has 5 rings (SSSR count). The van der Waals surface area contributed by atoms with Crippen molar-refractivity contribution in [3.05, 3.63) is 117 Å². The number of carbonyl (C=O) groups excluding carboxylic acids is 3. The number of hydrogen-bond donors (Lipinski definition) is 6. The summed E-state index contributed by atoms with van der Waals surface area (Å²) in [5, 5.41) is 36.2. The Balaban J connectivity index is 1.40. The minimum Gasteiger partial charge on any atom is -0.486 e. The first-order chi connectivity index (χ1) is 35.5. The van der Waals surface area contributed by atoms with Gasteiger partial charge >= 0.3 is 17.9 Å². The van der Waals surface area contributed by atoms with E-state index >= 15 is 0 Å². The number of amides is 2. The normalized spacial score (nSPS) is 13.9. The summed E-state index contributed by atoms with van der Waals surface area (Å²) in [5.41, 5.74) is 8.81. The van der Waals surface area contributed by atoms with E-state index < -0.39 is 17.9 Å². The molecule has 1 aromatic carbocycles. The zero-order valence-electron chi connectivity index (χ0n) is 44.1. The number of aryl methyl sites for hydroxylation is 2. The molecule has 1 saturated heterocycles. The molecule has 21 nitrogen and oxygen atoms in total. The molecule has 0 bridgehead atoms. The van der Waals surface area contributed by atoms with E-state index in [-0.39, 0.29) is 80.3 Å². The average molecular weight is 1040 g/mol. The van der Waals surface area contributed by atoms with Gasteiger partial charge < -0.3 is 45.4 Å². The summed E-state index contributed by atoms with van der Waals surface area (Å²) < 4.78 is 6.86. The highest BCUT2D eigenvalue weighted by Gasteiger charge is 2.22. The third-order valence-electron chi connectivity index (χ3n) is 12.1. The molecule has 7 N–H and O–H groups in total. The number of carbonyl (C=O) groups is 6. The zero-order chi connectivity index (χ0) is 54.7. The fraction of sp³-hybridized carbons (Fsp3) is 0.463. The lowest BCUT2D eigenvalue weighted by Crippen LogP contribution is -2.41. The first-order valence-electron chi connectivity index (χ1n) is 25.0. The molecule has 0 radical (unpaired) electrons. The number of Topliss-reactive ketones (excluding diaryl/α,β-unsaturated/α-hetero) is 1. The Labute approximate surface area is 438 Å². The lowest BCUT2D eigenvalue weighted by molar-refractivity contribution is -0.869. The van der Waals surface area contributed by atoms with Gasteiger partial charge in [0.1, 0.15) is 29.4 Å². The number of aromatic carboxylic acids is 3. The number of nitrogens with zero attached hydrogens (tertiary/aromatic N) is 8. The lowest BCUT2D eigenvalue weighted by Gasteiger charge is -2.26. The van der Waals surface area contributed by atoms with Crippen molar-refractivity contribution in [3.63, 3.8) is 0 Å². The van der Waals surface area contributed by atoms with Crippen LogP contribution in [0.25, 0.3) is 0 Å². The molecular formula is C54H73N11O10+2. The van der Waals surface area contributed by atoms with Gasteiger partial charge in [0.05, 0.1) is 92.1 Å². The fourth-order valence-electron chi connectivity index (χ4n) is 7.92. The van der Waals surface area contributed by atoms with Gasteiger partial charge in [0.25, 0.3) is 0 Å². The molecule has 4 heterocycles. The van der Waals surface area contributed by atoms with E-state index in [0.29, 0.717) is 119 Å². The van der Waals surface area contributed by atoms with E-state index in [4.69, 9.17) is 10.5 Å². The van der Waals surface area contributed by atoms with Crippen LogP contribution in [0.5, 0.6) is 5.75 Å².